The van der Waals surface area contributed by atoms with Crippen LogP contribution < -0.4 is 5.73 Å². The standard InChI is InChI=1S/C25H33NO3.C15H19NO2/c1-6-29-23(27)22(15(2)18-12-11-16-9-7-8-10-19(16)18)26-21-14-17-13-20(24(17,3)4)25(21,5)28;1-3-18-15(17)14(16)10(2)12-9-8-11-6-4-5-7-13(11)12/h7-10,12,15,17,20,22,28H,6,11,13-14H2,1-5H3;4-7,9-10,14H,3,8,16H2,1-2H3/t15-,17-,20-,22-,25-;10-,14-/m00/s1. The van der Waals surface area contributed by atoms with Gasteiger partial charge in [-0.3, -0.25) is 9.79 Å². The lowest BCUT2D eigenvalue weighted by Crippen LogP contribution is -2.65. The van der Waals surface area contributed by atoms with Crippen molar-refractivity contribution >= 4 is 28.8 Å². The van der Waals surface area contributed by atoms with Gasteiger partial charge in [-0.15, -0.1) is 0 Å². The highest BCUT2D eigenvalue weighted by Gasteiger charge is 2.61. The van der Waals surface area contributed by atoms with E-state index in [1.54, 1.807) is 6.92 Å². The molecule has 3 saturated carbocycles. The number of hydrogen-bond acceptors (Lipinski definition) is 7. The number of esters is 2. The maximum Gasteiger partial charge on any atom is 0.331 e. The van der Waals surface area contributed by atoms with E-state index in [0.717, 1.165) is 42.5 Å². The highest BCUT2D eigenvalue weighted by molar-refractivity contribution is 5.97. The van der Waals surface area contributed by atoms with Gasteiger partial charge in [0.05, 0.1) is 13.2 Å². The summed E-state index contributed by atoms with van der Waals surface area (Å²) in [5, 5.41) is 11.3. The van der Waals surface area contributed by atoms with E-state index in [1.807, 2.05) is 39.0 Å². The van der Waals surface area contributed by atoms with E-state index < -0.39 is 17.7 Å². The molecule has 5 aliphatic carbocycles. The molecule has 0 aliphatic heterocycles. The Morgan fingerprint density at radius 3 is 1.89 bits per heavy atom. The van der Waals surface area contributed by atoms with Gasteiger partial charge < -0.3 is 20.3 Å². The van der Waals surface area contributed by atoms with Gasteiger partial charge in [0.15, 0.2) is 6.04 Å². The normalized spacial score (nSPS) is 26.6. The molecular formula is C40H52N2O5. The molecule has 2 aromatic rings. The first kappa shape index (κ1) is 34.8. The first-order valence-electron chi connectivity index (χ1n) is 17.3. The molecule has 252 valence electrons. The molecule has 2 aromatic carbocycles. The SMILES string of the molecule is CCOC(=O)[C@@H](N)[C@@H](C)C1=CCc2ccccc21.CCOC(=O)[C@@H](N=C1C[C@@H]2C[C@@H](C2(C)C)[C@]1(C)O)[C@@H](C)C1=CCc2ccccc21. The first-order valence-corrected chi connectivity index (χ1v) is 17.3. The summed E-state index contributed by atoms with van der Waals surface area (Å²) in [4.78, 5) is 29.5. The van der Waals surface area contributed by atoms with Gasteiger partial charge in [0.1, 0.15) is 11.6 Å². The number of nitrogens with two attached hydrogens (primary N) is 1. The third-order valence-corrected chi connectivity index (χ3v) is 11.3. The second-order valence-corrected chi connectivity index (χ2v) is 14.3. The van der Waals surface area contributed by atoms with Crippen LogP contribution in [0.3, 0.4) is 0 Å². The topological polar surface area (TPSA) is 111 Å². The quantitative estimate of drug-likeness (QED) is 0.299. The molecular weight excluding hydrogens is 588 g/mol. The molecule has 2 bridgehead atoms. The summed E-state index contributed by atoms with van der Waals surface area (Å²) in [6, 6.07) is 15.4. The van der Waals surface area contributed by atoms with Gasteiger partial charge in [-0.1, -0.05) is 88.4 Å². The molecule has 0 amide bonds. The van der Waals surface area contributed by atoms with Crippen LogP contribution in [0.4, 0.5) is 0 Å². The Hall–Kier alpha value is -3.55. The second-order valence-electron chi connectivity index (χ2n) is 14.3. The number of rotatable bonds is 9. The molecule has 5 aliphatic rings. The summed E-state index contributed by atoms with van der Waals surface area (Å²) in [5.74, 6) is -0.0320. The highest BCUT2D eigenvalue weighted by atomic mass is 16.5. The summed E-state index contributed by atoms with van der Waals surface area (Å²) in [6.07, 6.45) is 7.98. The van der Waals surface area contributed by atoms with Crippen LogP contribution in [-0.4, -0.2) is 53.7 Å². The molecule has 3 fully saturated rings. The van der Waals surface area contributed by atoms with Crippen molar-refractivity contribution < 1.29 is 24.2 Å². The Morgan fingerprint density at radius 1 is 0.872 bits per heavy atom. The summed E-state index contributed by atoms with van der Waals surface area (Å²) in [7, 11) is 0. The number of aliphatic imine (C=N–C) groups is 1. The predicted octanol–water partition coefficient (Wildman–Crippen LogP) is 6.60. The smallest absolute Gasteiger partial charge is 0.331 e. The van der Waals surface area contributed by atoms with Crippen LogP contribution in [0.1, 0.15) is 83.6 Å². The lowest BCUT2D eigenvalue weighted by molar-refractivity contribution is -0.146. The van der Waals surface area contributed by atoms with E-state index in [9.17, 15) is 14.7 Å². The fourth-order valence-electron chi connectivity index (χ4n) is 8.19. The van der Waals surface area contributed by atoms with Crippen molar-refractivity contribution in [2.75, 3.05) is 13.2 Å². The minimum absolute atomic E-state index is 0.0206. The van der Waals surface area contributed by atoms with Crippen molar-refractivity contribution in [3.05, 3.63) is 82.9 Å². The summed E-state index contributed by atoms with van der Waals surface area (Å²) < 4.78 is 10.4. The Balaban J connectivity index is 0.000000207. The molecule has 0 radical (unpaired) electrons. The average molecular weight is 641 g/mol. The Kier molecular flexibility index (Phi) is 10.3. The van der Waals surface area contributed by atoms with Crippen LogP contribution in [0.25, 0.3) is 11.1 Å². The van der Waals surface area contributed by atoms with E-state index in [4.69, 9.17) is 20.2 Å². The third-order valence-electron chi connectivity index (χ3n) is 11.3. The molecule has 0 aromatic heterocycles. The number of aliphatic hydroxyl groups is 1. The van der Waals surface area contributed by atoms with Crippen LogP contribution in [-0.2, 0) is 31.9 Å². The fraction of sp³-hybridized carbons (Fsp3) is 0.525. The Bertz CT molecular complexity index is 1580. The van der Waals surface area contributed by atoms with Crippen molar-refractivity contribution in [3.8, 4) is 0 Å². The van der Waals surface area contributed by atoms with Crippen molar-refractivity contribution in [2.24, 2.45) is 39.8 Å². The van der Waals surface area contributed by atoms with Crippen LogP contribution in [0.2, 0.25) is 0 Å². The van der Waals surface area contributed by atoms with E-state index in [-0.39, 0.29) is 35.1 Å². The molecule has 0 saturated heterocycles. The largest absolute Gasteiger partial charge is 0.465 e. The number of ether oxygens (including phenoxy) is 2. The molecule has 0 unspecified atom stereocenters. The summed E-state index contributed by atoms with van der Waals surface area (Å²) >= 11 is 0. The molecule has 7 rings (SSSR count). The summed E-state index contributed by atoms with van der Waals surface area (Å²) in [6.45, 7) is 14.7. The Morgan fingerprint density at radius 2 is 1.38 bits per heavy atom. The van der Waals surface area contributed by atoms with Crippen molar-refractivity contribution in [1.29, 1.82) is 0 Å². The van der Waals surface area contributed by atoms with Gasteiger partial charge in [0.2, 0.25) is 0 Å². The van der Waals surface area contributed by atoms with Crippen molar-refractivity contribution in [1.82, 2.24) is 0 Å². The number of hydrogen-bond donors (Lipinski definition) is 2. The number of nitrogens with zero attached hydrogens (tertiary/aromatic N) is 1. The van der Waals surface area contributed by atoms with Gasteiger partial charge in [-0.2, -0.15) is 0 Å². The predicted molar refractivity (Wildman–Crippen MR) is 188 cm³/mol. The minimum atomic E-state index is -0.968. The fourth-order valence-corrected chi connectivity index (χ4v) is 8.19. The van der Waals surface area contributed by atoms with E-state index in [1.165, 1.54) is 22.3 Å². The average Bonchev–Trinajstić information content (AvgIpc) is 3.68. The summed E-state index contributed by atoms with van der Waals surface area (Å²) in [5.41, 5.74) is 13.2. The maximum atomic E-state index is 12.9. The van der Waals surface area contributed by atoms with Gasteiger partial charge >= 0.3 is 11.9 Å². The van der Waals surface area contributed by atoms with Crippen molar-refractivity contribution in [3.63, 3.8) is 0 Å². The Labute approximate surface area is 280 Å². The van der Waals surface area contributed by atoms with Crippen LogP contribution in [0.5, 0.6) is 0 Å². The van der Waals surface area contributed by atoms with E-state index >= 15 is 0 Å². The lowest BCUT2D eigenvalue weighted by atomic mass is 9.44. The lowest BCUT2D eigenvalue weighted by Gasteiger charge is -2.62. The van der Waals surface area contributed by atoms with E-state index in [0.29, 0.717) is 19.1 Å². The molecule has 47 heavy (non-hydrogen) atoms. The number of fused-ring (bicyclic) bond motifs is 4. The first-order chi connectivity index (χ1) is 22.3. The highest BCUT2D eigenvalue weighted by Crippen LogP contribution is 2.61. The van der Waals surface area contributed by atoms with Gasteiger partial charge in [-0.25, -0.2) is 4.79 Å². The molecule has 7 atom stereocenters. The van der Waals surface area contributed by atoms with Crippen LogP contribution in [0.15, 0.2) is 65.7 Å². The molecule has 0 spiro atoms. The third kappa shape index (κ3) is 6.62. The zero-order valence-electron chi connectivity index (χ0n) is 29.1. The molecule has 3 N–H and O–H groups in total. The number of carbonyl (C=O) groups is 2. The number of carbonyl (C=O) groups excluding carboxylic acids is 2. The zero-order chi connectivity index (χ0) is 34.1. The van der Waals surface area contributed by atoms with Gasteiger partial charge in [0, 0.05) is 17.5 Å². The van der Waals surface area contributed by atoms with E-state index in [2.05, 4.69) is 63.3 Å². The minimum Gasteiger partial charge on any atom is -0.465 e. The number of allylic oxidation sites excluding steroid dienone is 2. The second kappa shape index (κ2) is 13.9. The van der Waals surface area contributed by atoms with Crippen molar-refractivity contribution in [2.45, 2.75) is 91.8 Å². The number of benzene rings is 2. The van der Waals surface area contributed by atoms with Gasteiger partial charge in [0.25, 0.3) is 0 Å². The molecule has 7 nitrogen and oxygen atoms in total. The molecule has 7 heteroatoms. The van der Waals surface area contributed by atoms with Crippen LogP contribution in [0, 0.1) is 29.1 Å². The van der Waals surface area contributed by atoms with Gasteiger partial charge in [-0.05, 0) is 97.1 Å². The van der Waals surface area contributed by atoms with Crippen LogP contribution >= 0.6 is 0 Å². The maximum absolute atomic E-state index is 12.9. The molecule has 0 heterocycles. The zero-order valence-corrected chi connectivity index (χ0v) is 29.1. The monoisotopic (exact) mass is 640 g/mol.